The van der Waals surface area contributed by atoms with Gasteiger partial charge in [0.05, 0.1) is 48.3 Å². The fourth-order valence-electron chi connectivity index (χ4n) is 4.67. The van der Waals surface area contributed by atoms with Crippen LogP contribution in [0.25, 0.3) is 0 Å². The fourth-order valence-corrected chi connectivity index (χ4v) is 4.67. The first-order valence-corrected chi connectivity index (χ1v) is 10.1. The van der Waals surface area contributed by atoms with Gasteiger partial charge in [-0.1, -0.05) is 6.92 Å². The zero-order valence-electron chi connectivity index (χ0n) is 16.2. The molecule has 7 heteroatoms. The van der Waals surface area contributed by atoms with Gasteiger partial charge in [-0.05, 0) is 38.5 Å². The van der Waals surface area contributed by atoms with E-state index in [2.05, 4.69) is 0 Å². The molecule has 5 fully saturated rings. The van der Waals surface area contributed by atoms with E-state index >= 15 is 0 Å². The van der Waals surface area contributed by atoms with Crippen LogP contribution in [0, 0.1) is 17.3 Å². The molecular formula is C20H30O7. The molecule has 5 aliphatic rings. The van der Waals surface area contributed by atoms with Crippen LogP contribution in [-0.4, -0.2) is 63.3 Å². The summed E-state index contributed by atoms with van der Waals surface area (Å²) < 4.78 is 27.6. The highest BCUT2D eigenvalue weighted by molar-refractivity contribution is 5.74. The first-order chi connectivity index (χ1) is 13.0. The van der Waals surface area contributed by atoms with E-state index in [0.717, 1.165) is 38.5 Å². The Morgan fingerprint density at radius 1 is 0.963 bits per heavy atom. The largest absolute Gasteiger partial charge is 0.465 e. The van der Waals surface area contributed by atoms with E-state index in [1.807, 2.05) is 6.92 Å². The van der Waals surface area contributed by atoms with Crippen molar-refractivity contribution in [2.75, 3.05) is 26.9 Å². The van der Waals surface area contributed by atoms with Gasteiger partial charge in [0.15, 0.2) is 0 Å². The van der Waals surface area contributed by atoms with Gasteiger partial charge in [0.25, 0.3) is 0 Å². The van der Waals surface area contributed by atoms with Crippen molar-refractivity contribution in [3.63, 3.8) is 0 Å². The summed E-state index contributed by atoms with van der Waals surface area (Å²) in [5.74, 6) is -0.626. The maximum absolute atomic E-state index is 12.4. The Balaban J connectivity index is 1.25. The molecule has 152 valence electrons. The minimum atomic E-state index is -0.563. The molecule has 2 aliphatic carbocycles. The van der Waals surface area contributed by atoms with Crippen LogP contribution in [0.1, 0.15) is 45.4 Å². The van der Waals surface area contributed by atoms with Crippen molar-refractivity contribution < 1.29 is 33.3 Å². The van der Waals surface area contributed by atoms with Gasteiger partial charge >= 0.3 is 11.9 Å². The van der Waals surface area contributed by atoms with E-state index in [0.29, 0.717) is 6.61 Å². The van der Waals surface area contributed by atoms with Crippen molar-refractivity contribution in [1.82, 2.24) is 0 Å². The van der Waals surface area contributed by atoms with Gasteiger partial charge in [-0.2, -0.15) is 0 Å². The van der Waals surface area contributed by atoms with Crippen molar-refractivity contribution >= 4 is 11.9 Å². The fraction of sp³-hybridized carbons (Fsp3) is 0.900. The van der Waals surface area contributed by atoms with Crippen molar-refractivity contribution in [3.05, 3.63) is 0 Å². The molecule has 0 radical (unpaired) electrons. The molecule has 5 rings (SSSR count). The number of epoxide rings is 1. The summed E-state index contributed by atoms with van der Waals surface area (Å²) in [4.78, 5) is 24.9. The van der Waals surface area contributed by atoms with Gasteiger partial charge in [-0.25, -0.2) is 0 Å². The minimum Gasteiger partial charge on any atom is -0.465 e. The number of esters is 2. The molecular weight excluding hydrogens is 352 g/mol. The van der Waals surface area contributed by atoms with Crippen LogP contribution in [0.4, 0.5) is 0 Å². The molecule has 6 unspecified atom stereocenters. The lowest BCUT2D eigenvalue weighted by molar-refractivity contribution is -0.191. The number of carbonyl (C=O) groups is 2. The average molecular weight is 382 g/mol. The third-order valence-electron chi connectivity index (χ3n) is 6.28. The number of ether oxygens (including phenoxy) is 5. The minimum absolute atomic E-state index is 0.0396. The monoisotopic (exact) mass is 382 g/mol. The topological polar surface area (TPSA) is 83.6 Å². The summed E-state index contributed by atoms with van der Waals surface area (Å²) in [6.07, 6.45) is 6.14. The van der Waals surface area contributed by atoms with E-state index in [9.17, 15) is 9.59 Å². The molecule has 3 heterocycles. The number of fused-ring (bicyclic) bond motifs is 3. The molecule has 0 aromatic heterocycles. The smallest absolute Gasteiger partial charge is 0.311 e. The quantitative estimate of drug-likeness (QED) is 0.468. The van der Waals surface area contributed by atoms with E-state index in [1.165, 1.54) is 0 Å². The molecule has 2 bridgehead atoms. The van der Waals surface area contributed by atoms with Crippen LogP contribution >= 0.6 is 0 Å². The summed E-state index contributed by atoms with van der Waals surface area (Å²) in [5.41, 5.74) is -0.563. The molecule has 0 amide bonds. The third-order valence-corrected chi connectivity index (χ3v) is 6.28. The molecule has 6 atom stereocenters. The number of methoxy groups -OCH3 is 1. The van der Waals surface area contributed by atoms with Crippen LogP contribution in [0.15, 0.2) is 0 Å². The molecule has 0 spiro atoms. The van der Waals surface area contributed by atoms with Gasteiger partial charge < -0.3 is 23.7 Å². The summed E-state index contributed by atoms with van der Waals surface area (Å²) >= 11 is 0. The summed E-state index contributed by atoms with van der Waals surface area (Å²) in [7, 11) is 1.59. The molecule has 3 aliphatic heterocycles. The Morgan fingerprint density at radius 3 is 2.30 bits per heavy atom. The Kier molecular flexibility index (Phi) is 5.45. The Morgan fingerprint density at radius 2 is 1.63 bits per heavy atom. The number of rotatable bonds is 8. The number of hydrogen-bond donors (Lipinski definition) is 0. The van der Waals surface area contributed by atoms with E-state index in [1.54, 1.807) is 7.11 Å². The van der Waals surface area contributed by atoms with E-state index in [-0.39, 0.29) is 61.4 Å². The maximum Gasteiger partial charge on any atom is 0.311 e. The molecule has 0 aromatic carbocycles. The van der Waals surface area contributed by atoms with Gasteiger partial charge in [0, 0.05) is 7.11 Å². The van der Waals surface area contributed by atoms with Crippen molar-refractivity contribution in [1.29, 1.82) is 0 Å². The van der Waals surface area contributed by atoms with Crippen LogP contribution in [0.3, 0.4) is 0 Å². The Hall–Kier alpha value is -1.18. The van der Waals surface area contributed by atoms with Crippen LogP contribution < -0.4 is 0 Å². The lowest BCUT2D eigenvalue weighted by Crippen LogP contribution is -2.48. The third kappa shape index (κ3) is 4.30. The van der Waals surface area contributed by atoms with Crippen molar-refractivity contribution in [3.8, 4) is 0 Å². The molecule has 2 saturated carbocycles. The summed E-state index contributed by atoms with van der Waals surface area (Å²) in [6.45, 7) is 2.60. The van der Waals surface area contributed by atoms with Gasteiger partial charge in [0.2, 0.25) is 0 Å². The highest BCUT2D eigenvalue weighted by Crippen LogP contribution is 2.41. The summed E-state index contributed by atoms with van der Waals surface area (Å²) in [5, 5.41) is 0. The molecule has 0 aromatic rings. The van der Waals surface area contributed by atoms with Gasteiger partial charge in [-0.3, -0.25) is 9.59 Å². The maximum atomic E-state index is 12.4. The second-order valence-corrected chi connectivity index (χ2v) is 8.92. The summed E-state index contributed by atoms with van der Waals surface area (Å²) in [6, 6.07) is 0. The molecule has 7 nitrogen and oxygen atoms in total. The Labute approximate surface area is 160 Å². The van der Waals surface area contributed by atoms with Crippen molar-refractivity contribution in [2.45, 2.75) is 69.9 Å². The zero-order chi connectivity index (χ0) is 19.0. The number of hydrogen-bond acceptors (Lipinski definition) is 7. The van der Waals surface area contributed by atoms with Crippen LogP contribution in [-0.2, 0) is 33.3 Å². The second-order valence-electron chi connectivity index (χ2n) is 8.92. The molecule has 0 N–H and O–H groups in total. The van der Waals surface area contributed by atoms with Crippen molar-refractivity contribution in [2.24, 2.45) is 17.3 Å². The molecule has 27 heavy (non-hydrogen) atoms. The average Bonchev–Trinajstić information content (AvgIpc) is 3.44. The van der Waals surface area contributed by atoms with Gasteiger partial charge in [-0.15, -0.1) is 0 Å². The second kappa shape index (κ2) is 7.68. The van der Waals surface area contributed by atoms with Gasteiger partial charge in [0.1, 0.15) is 13.2 Å². The van der Waals surface area contributed by atoms with E-state index in [4.69, 9.17) is 23.7 Å². The number of carbonyl (C=O) groups excluding carboxylic acids is 2. The highest BCUT2D eigenvalue weighted by Gasteiger charge is 2.51. The molecule has 3 saturated heterocycles. The SMILES string of the molecule is COCC(C)(COC(=O)C1CC2CC(C1)O2)COC(=O)C1CCCC2OC21. The lowest BCUT2D eigenvalue weighted by atomic mass is 9.81. The predicted octanol–water partition coefficient (Wildman–Crippen LogP) is 1.86. The highest BCUT2D eigenvalue weighted by atomic mass is 16.6. The normalized spacial score (nSPS) is 38.7. The lowest BCUT2D eigenvalue weighted by Gasteiger charge is -2.44. The first kappa shape index (κ1) is 19.2. The Bertz CT molecular complexity index is 563. The van der Waals surface area contributed by atoms with Crippen LogP contribution in [0.2, 0.25) is 0 Å². The first-order valence-electron chi connectivity index (χ1n) is 10.1. The standard InChI is InChI=1S/C20H30O7/c1-20(9-23-2,10-24-18(21)12-6-13-8-14(7-12)26-13)11-25-19(22)15-4-3-5-16-17(15)27-16/h12-17H,3-11H2,1-2H3. The zero-order valence-corrected chi connectivity index (χ0v) is 16.2. The van der Waals surface area contributed by atoms with Crippen LogP contribution in [0.5, 0.6) is 0 Å². The predicted molar refractivity (Wildman–Crippen MR) is 93.9 cm³/mol. The van der Waals surface area contributed by atoms with E-state index < -0.39 is 5.41 Å².